The lowest BCUT2D eigenvalue weighted by Crippen LogP contribution is -2.43. The number of pyridine rings is 1. The van der Waals surface area contributed by atoms with Crippen LogP contribution in [-0.4, -0.2) is 35.4 Å². The first-order valence-corrected chi connectivity index (χ1v) is 9.30. The molecule has 4 heteroatoms. The van der Waals surface area contributed by atoms with Crippen molar-refractivity contribution in [1.29, 1.82) is 0 Å². The molecule has 1 saturated carbocycles. The highest BCUT2D eigenvalue weighted by Crippen LogP contribution is 2.48. The van der Waals surface area contributed by atoms with Crippen LogP contribution in [0, 0.1) is 5.92 Å². The molecule has 128 valence electrons. The number of fused-ring (bicyclic) bond motifs is 2. The van der Waals surface area contributed by atoms with Crippen molar-refractivity contribution in [2.45, 2.75) is 31.2 Å². The van der Waals surface area contributed by atoms with Crippen molar-refractivity contribution in [3.8, 4) is 0 Å². The van der Waals surface area contributed by atoms with Gasteiger partial charge in [-0.1, -0.05) is 24.3 Å². The molecule has 1 amide bonds. The van der Waals surface area contributed by atoms with Crippen LogP contribution in [0.5, 0.6) is 0 Å². The topological polar surface area (TPSA) is 36.4 Å². The SMILES string of the molecule is O=C1N(CC2CC2)c2ccccc2[C@]12CCN(Cc1ccccn1)C2. The third kappa shape index (κ3) is 2.47. The van der Waals surface area contributed by atoms with Gasteiger partial charge in [0, 0.05) is 38.1 Å². The Morgan fingerprint density at radius 3 is 2.76 bits per heavy atom. The molecular weight excluding hydrogens is 310 g/mol. The molecule has 1 aliphatic carbocycles. The first kappa shape index (κ1) is 15.1. The quantitative estimate of drug-likeness (QED) is 0.863. The van der Waals surface area contributed by atoms with Gasteiger partial charge >= 0.3 is 0 Å². The molecule has 1 aromatic carbocycles. The monoisotopic (exact) mass is 333 g/mol. The summed E-state index contributed by atoms with van der Waals surface area (Å²) in [5, 5.41) is 0. The van der Waals surface area contributed by atoms with Crippen LogP contribution in [0.15, 0.2) is 48.7 Å². The summed E-state index contributed by atoms with van der Waals surface area (Å²) in [4.78, 5) is 22.3. The normalized spacial score (nSPS) is 25.8. The molecule has 2 aromatic rings. The molecule has 0 unspecified atom stereocenters. The Balaban J connectivity index is 1.43. The molecule has 0 radical (unpaired) electrons. The average molecular weight is 333 g/mol. The van der Waals surface area contributed by atoms with Crippen molar-refractivity contribution in [2.75, 3.05) is 24.5 Å². The van der Waals surface area contributed by atoms with Gasteiger partial charge in [-0.15, -0.1) is 0 Å². The molecule has 0 bridgehead atoms. The third-order valence-electron chi connectivity index (χ3n) is 5.96. The summed E-state index contributed by atoms with van der Waals surface area (Å²) in [5.74, 6) is 1.03. The summed E-state index contributed by atoms with van der Waals surface area (Å²) in [6.07, 6.45) is 5.29. The van der Waals surface area contributed by atoms with Crippen LogP contribution in [0.1, 0.15) is 30.5 Å². The Kier molecular flexibility index (Phi) is 3.42. The van der Waals surface area contributed by atoms with Crippen LogP contribution in [0.25, 0.3) is 0 Å². The van der Waals surface area contributed by atoms with Crippen LogP contribution in [0.3, 0.4) is 0 Å². The van der Waals surface area contributed by atoms with Crippen molar-refractivity contribution >= 4 is 11.6 Å². The Hall–Kier alpha value is -2.20. The van der Waals surface area contributed by atoms with Crippen LogP contribution < -0.4 is 4.90 Å². The standard InChI is InChI=1S/C21H23N3O/c25-20-21(10-12-23(15-21)14-17-5-3-4-11-22-17)18-6-1-2-7-19(18)24(20)13-16-8-9-16/h1-7,11,16H,8-10,12-15H2/t21-/m1/s1. The Bertz CT molecular complexity index is 802. The highest BCUT2D eigenvalue weighted by Gasteiger charge is 2.54. The van der Waals surface area contributed by atoms with Crippen molar-refractivity contribution in [3.05, 3.63) is 59.9 Å². The van der Waals surface area contributed by atoms with Gasteiger partial charge in [0.25, 0.3) is 0 Å². The van der Waals surface area contributed by atoms with E-state index < -0.39 is 0 Å². The zero-order chi connectivity index (χ0) is 16.9. The summed E-state index contributed by atoms with van der Waals surface area (Å²) in [5.41, 5.74) is 3.12. The Labute approximate surface area is 148 Å². The maximum atomic E-state index is 13.4. The van der Waals surface area contributed by atoms with Gasteiger partial charge in [-0.25, -0.2) is 0 Å². The van der Waals surface area contributed by atoms with Gasteiger partial charge < -0.3 is 4.90 Å². The summed E-state index contributed by atoms with van der Waals surface area (Å²) in [6.45, 7) is 3.48. The zero-order valence-corrected chi connectivity index (χ0v) is 14.4. The van der Waals surface area contributed by atoms with Crippen molar-refractivity contribution in [3.63, 3.8) is 0 Å². The molecule has 4 nitrogen and oxygen atoms in total. The van der Waals surface area contributed by atoms with Crippen LogP contribution in [-0.2, 0) is 16.8 Å². The molecule has 2 aliphatic heterocycles. The second-order valence-corrected chi connectivity index (χ2v) is 7.74. The minimum Gasteiger partial charge on any atom is -0.311 e. The summed E-state index contributed by atoms with van der Waals surface area (Å²) in [6, 6.07) is 14.5. The third-order valence-corrected chi connectivity index (χ3v) is 5.96. The number of amides is 1. The number of carbonyl (C=O) groups excluding carboxylic acids is 1. The average Bonchev–Trinajstić information content (AvgIpc) is 3.33. The smallest absolute Gasteiger partial charge is 0.239 e. The van der Waals surface area contributed by atoms with E-state index in [-0.39, 0.29) is 5.41 Å². The van der Waals surface area contributed by atoms with E-state index in [1.807, 2.05) is 18.3 Å². The lowest BCUT2D eigenvalue weighted by molar-refractivity contribution is -0.122. The number of anilines is 1. The van der Waals surface area contributed by atoms with Gasteiger partial charge in [0.1, 0.15) is 0 Å². The van der Waals surface area contributed by atoms with Gasteiger partial charge in [-0.05, 0) is 48.9 Å². The summed E-state index contributed by atoms with van der Waals surface area (Å²) < 4.78 is 0. The first-order chi connectivity index (χ1) is 12.3. The number of aromatic nitrogens is 1. The molecule has 3 heterocycles. The van der Waals surface area contributed by atoms with E-state index >= 15 is 0 Å². The Morgan fingerprint density at radius 1 is 1.12 bits per heavy atom. The van der Waals surface area contributed by atoms with E-state index in [1.165, 1.54) is 18.4 Å². The largest absolute Gasteiger partial charge is 0.311 e. The minimum absolute atomic E-state index is 0.323. The van der Waals surface area contributed by atoms with Gasteiger partial charge in [0.2, 0.25) is 5.91 Å². The molecule has 1 spiro atoms. The first-order valence-electron chi connectivity index (χ1n) is 9.30. The molecule has 3 aliphatic rings. The fourth-order valence-electron chi connectivity index (χ4n) is 4.48. The van der Waals surface area contributed by atoms with Crippen molar-refractivity contribution in [1.82, 2.24) is 9.88 Å². The van der Waals surface area contributed by atoms with E-state index in [1.54, 1.807) is 0 Å². The van der Waals surface area contributed by atoms with Crippen molar-refractivity contribution in [2.24, 2.45) is 5.92 Å². The fraction of sp³-hybridized carbons (Fsp3) is 0.429. The maximum absolute atomic E-state index is 13.4. The maximum Gasteiger partial charge on any atom is 0.239 e. The predicted octanol–water partition coefficient (Wildman–Crippen LogP) is 2.98. The highest BCUT2D eigenvalue weighted by molar-refractivity contribution is 6.08. The second kappa shape index (κ2) is 5.67. The van der Waals surface area contributed by atoms with Gasteiger partial charge in [-0.2, -0.15) is 0 Å². The molecule has 1 atom stereocenters. The van der Waals surface area contributed by atoms with Crippen molar-refractivity contribution < 1.29 is 4.79 Å². The number of hydrogen-bond acceptors (Lipinski definition) is 3. The lowest BCUT2D eigenvalue weighted by Gasteiger charge is -2.24. The summed E-state index contributed by atoms with van der Waals surface area (Å²) >= 11 is 0. The van der Waals surface area contributed by atoms with Crippen LogP contribution in [0.4, 0.5) is 5.69 Å². The van der Waals surface area contributed by atoms with E-state index in [4.69, 9.17) is 0 Å². The number of rotatable bonds is 4. The number of para-hydroxylation sites is 1. The van der Waals surface area contributed by atoms with E-state index in [0.29, 0.717) is 11.8 Å². The zero-order valence-electron chi connectivity index (χ0n) is 14.4. The van der Waals surface area contributed by atoms with Gasteiger partial charge in [0.15, 0.2) is 0 Å². The predicted molar refractivity (Wildman–Crippen MR) is 97.3 cm³/mol. The second-order valence-electron chi connectivity index (χ2n) is 7.74. The summed E-state index contributed by atoms with van der Waals surface area (Å²) in [7, 11) is 0. The minimum atomic E-state index is -0.347. The van der Waals surface area contributed by atoms with Gasteiger partial charge in [0.05, 0.1) is 11.1 Å². The number of nitrogens with zero attached hydrogens (tertiary/aromatic N) is 3. The van der Waals surface area contributed by atoms with E-state index in [0.717, 1.165) is 44.0 Å². The molecular formula is C21H23N3O. The molecule has 5 rings (SSSR count). The number of hydrogen-bond donors (Lipinski definition) is 0. The number of carbonyl (C=O) groups is 1. The number of benzene rings is 1. The Morgan fingerprint density at radius 2 is 1.96 bits per heavy atom. The molecule has 25 heavy (non-hydrogen) atoms. The fourth-order valence-corrected chi connectivity index (χ4v) is 4.48. The molecule has 2 fully saturated rings. The lowest BCUT2D eigenvalue weighted by atomic mass is 9.81. The molecule has 0 N–H and O–H groups in total. The number of likely N-dealkylation sites (tertiary alicyclic amines) is 1. The highest BCUT2D eigenvalue weighted by atomic mass is 16.2. The van der Waals surface area contributed by atoms with Crippen LogP contribution in [0.2, 0.25) is 0 Å². The van der Waals surface area contributed by atoms with Gasteiger partial charge in [-0.3, -0.25) is 14.7 Å². The molecule has 1 aromatic heterocycles. The van der Waals surface area contributed by atoms with E-state index in [9.17, 15) is 4.79 Å². The molecule has 1 saturated heterocycles. The van der Waals surface area contributed by atoms with E-state index in [2.05, 4.69) is 45.1 Å². The van der Waals surface area contributed by atoms with Crippen LogP contribution >= 0.6 is 0 Å².